The second-order valence-electron chi connectivity index (χ2n) is 5.52. The molecular weight excluding hydrogens is 229 g/mol. The van der Waals surface area contributed by atoms with E-state index in [4.69, 9.17) is 4.74 Å². The van der Waals surface area contributed by atoms with Gasteiger partial charge in [-0.2, -0.15) is 0 Å². The van der Waals surface area contributed by atoms with Gasteiger partial charge in [0.1, 0.15) is 5.82 Å². The Hall–Kier alpha value is -0.930. The molecule has 98 valence electrons. The highest BCUT2D eigenvalue weighted by atomic mass is 19.1. The Morgan fingerprint density at radius 1 is 1.33 bits per heavy atom. The molecule has 2 atom stereocenters. The van der Waals surface area contributed by atoms with Gasteiger partial charge in [0.15, 0.2) is 0 Å². The predicted molar refractivity (Wildman–Crippen MR) is 69.0 cm³/mol. The van der Waals surface area contributed by atoms with Crippen LogP contribution in [0.25, 0.3) is 0 Å². The van der Waals surface area contributed by atoms with Crippen molar-refractivity contribution in [3.05, 3.63) is 35.1 Å². The van der Waals surface area contributed by atoms with Crippen molar-refractivity contribution < 1.29 is 9.13 Å². The van der Waals surface area contributed by atoms with Gasteiger partial charge >= 0.3 is 0 Å². The molecule has 3 rings (SSSR count). The van der Waals surface area contributed by atoms with E-state index in [0.29, 0.717) is 5.92 Å². The Bertz CT molecular complexity index is 431. The average Bonchev–Trinajstić information content (AvgIpc) is 3.06. The van der Waals surface area contributed by atoms with Crippen molar-refractivity contribution in [1.82, 2.24) is 5.32 Å². The number of benzene rings is 1. The summed E-state index contributed by atoms with van der Waals surface area (Å²) >= 11 is 0. The monoisotopic (exact) mass is 249 g/mol. The first-order chi connectivity index (χ1) is 8.74. The van der Waals surface area contributed by atoms with Crippen LogP contribution in [0.15, 0.2) is 18.2 Å². The molecule has 0 amide bonds. The molecule has 1 saturated carbocycles. The maximum atomic E-state index is 13.1. The van der Waals surface area contributed by atoms with Crippen molar-refractivity contribution in [2.45, 2.75) is 38.3 Å². The molecule has 0 bridgehead atoms. The number of halogens is 1. The number of ether oxygens (including phenoxy) is 1. The number of hydrogen-bond acceptors (Lipinski definition) is 2. The maximum absolute atomic E-state index is 13.1. The van der Waals surface area contributed by atoms with Gasteiger partial charge in [0, 0.05) is 25.1 Å². The quantitative estimate of drug-likeness (QED) is 0.885. The molecule has 1 aromatic carbocycles. The van der Waals surface area contributed by atoms with Crippen molar-refractivity contribution in [3.8, 4) is 0 Å². The Labute approximate surface area is 108 Å². The molecule has 1 aliphatic heterocycles. The fraction of sp³-hybridized carbons (Fsp3) is 0.600. The summed E-state index contributed by atoms with van der Waals surface area (Å²) < 4.78 is 19.0. The predicted octanol–water partition coefficient (Wildman–Crippen LogP) is 2.96. The van der Waals surface area contributed by atoms with Crippen LogP contribution in [0.1, 0.15) is 36.5 Å². The molecule has 2 unspecified atom stereocenters. The molecule has 0 radical (unpaired) electrons. The number of nitrogens with one attached hydrogen (secondary N) is 1. The van der Waals surface area contributed by atoms with Crippen LogP contribution < -0.4 is 5.32 Å². The minimum atomic E-state index is -0.165. The second-order valence-corrected chi connectivity index (χ2v) is 5.52. The van der Waals surface area contributed by atoms with E-state index in [1.165, 1.54) is 18.9 Å². The minimum Gasteiger partial charge on any atom is -0.373 e. The first-order valence-corrected chi connectivity index (χ1v) is 6.85. The first-order valence-electron chi connectivity index (χ1n) is 6.85. The summed E-state index contributed by atoms with van der Waals surface area (Å²) in [6.45, 7) is 3.80. The smallest absolute Gasteiger partial charge is 0.123 e. The van der Waals surface area contributed by atoms with Crippen LogP contribution >= 0.6 is 0 Å². The zero-order valence-electron chi connectivity index (χ0n) is 10.8. The summed E-state index contributed by atoms with van der Waals surface area (Å²) in [5, 5.41) is 3.58. The SMILES string of the molecule is Cc1cc(F)ccc1C1OCCC1CNC1CC1. The lowest BCUT2D eigenvalue weighted by molar-refractivity contribution is 0.0899. The van der Waals surface area contributed by atoms with Crippen molar-refractivity contribution >= 4 is 0 Å². The minimum absolute atomic E-state index is 0.136. The van der Waals surface area contributed by atoms with Crippen molar-refractivity contribution in [3.63, 3.8) is 0 Å². The van der Waals surface area contributed by atoms with Crippen molar-refractivity contribution in [2.24, 2.45) is 5.92 Å². The fourth-order valence-corrected chi connectivity index (χ4v) is 2.75. The molecule has 2 fully saturated rings. The number of hydrogen-bond donors (Lipinski definition) is 1. The number of rotatable bonds is 4. The fourth-order valence-electron chi connectivity index (χ4n) is 2.75. The third-order valence-electron chi connectivity index (χ3n) is 4.00. The highest BCUT2D eigenvalue weighted by molar-refractivity contribution is 5.29. The summed E-state index contributed by atoms with van der Waals surface area (Å²) in [6.07, 6.45) is 3.86. The van der Waals surface area contributed by atoms with E-state index in [9.17, 15) is 4.39 Å². The van der Waals surface area contributed by atoms with E-state index in [0.717, 1.165) is 36.7 Å². The Kier molecular flexibility index (Phi) is 3.35. The van der Waals surface area contributed by atoms with Gasteiger partial charge in [-0.05, 0) is 49.4 Å². The Balaban J connectivity index is 1.72. The summed E-state index contributed by atoms with van der Waals surface area (Å²) in [5.41, 5.74) is 2.15. The highest BCUT2D eigenvalue weighted by Gasteiger charge is 2.32. The highest BCUT2D eigenvalue weighted by Crippen LogP contribution is 2.36. The molecule has 1 N–H and O–H groups in total. The molecule has 0 aromatic heterocycles. The molecule has 2 nitrogen and oxygen atoms in total. The summed E-state index contributed by atoms with van der Waals surface area (Å²) in [7, 11) is 0. The van der Waals surface area contributed by atoms with E-state index in [2.05, 4.69) is 5.32 Å². The lowest BCUT2D eigenvalue weighted by Gasteiger charge is -2.21. The summed E-state index contributed by atoms with van der Waals surface area (Å²) in [6, 6.07) is 5.75. The Morgan fingerprint density at radius 2 is 2.17 bits per heavy atom. The molecule has 0 spiro atoms. The van der Waals surface area contributed by atoms with Gasteiger partial charge in [0.25, 0.3) is 0 Å². The average molecular weight is 249 g/mol. The first kappa shape index (κ1) is 12.1. The van der Waals surface area contributed by atoms with E-state index in [1.54, 1.807) is 6.07 Å². The van der Waals surface area contributed by atoms with Gasteiger partial charge in [-0.3, -0.25) is 0 Å². The number of aryl methyl sites for hydroxylation is 1. The molecule has 18 heavy (non-hydrogen) atoms. The topological polar surface area (TPSA) is 21.3 Å². The molecular formula is C15H20FNO. The van der Waals surface area contributed by atoms with E-state index in [1.807, 2.05) is 13.0 Å². The summed E-state index contributed by atoms with van der Waals surface area (Å²) in [5.74, 6) is 0.358. The van der Waals surface area contributed by atoms with Crippen molar-refractivity contribution in [2.75, 3.05) is 13.2 Å². The van der Waals surface area contributed by atoms with Crippen LogP contribution in [-0.4, -0.2) is 19.2 Å². The van der Waals surface area contributed by atoms with Gasteiger partial charge in [-0.1, -0.05) is 6.07 Å². The zero-order valence-corrected chi connectivity index (χ0v) is 10.8. The second kappa shape index (κ2) is 4.98. The van der Waals surface area contributed by atoms with Gasteiger partial charge in [0.2, 0.25) is 0 Å². The molecule has 1 heterocycles. The van der Waals surface area contributed by atoms with Crippen LogP contribution in [0.5, 0.6) is 0 Å². The third-order valence-corrected chi connectivity index (χ3v) is 4.00. The van der Waals surface area contributed by atoms with E-state index >= 15 is 0 Å². The molecule has 1 aromatic rings. The van der Waals surface area contributed by atoms with Crippen LogP contribution in [0.3, 0.4) is 0 Å². The van der Waals surface area contributed by atoms with Crippen molar-refractivity contribution in [1.29, 1.82) is 0 Å². The molecule has 1 saturated heterocycles. The molecule has 2 aliphatic rings. The molecule has 1 aliphatic carbocycles. The van der Waals surface area contributed by atoms with E-state index < -0.39 is 0 Å². The van der Waals surface area contributed by atoms with Gasteiger partial charge in [-0.25, -0.2) is 4.39 Å². The zero-order chi connectivity index (χ0) is 12.5. The summed E-state index contributed by atoms with van der Waals surface area (Å²) in [4.78, 5) is 0. The maximum Gasteiger partial charge on any atom is 0.123 e. The van der Waals surface area contributed by atoms with Gasteiger partial charge in [0.05, 0.1) is 6.10 Å². The normalized spacial score (nSPS) is 27.7. The van der Waals surface area contributed by atoms with Crippen LogP contribution in [0.4, 0.5) is 4.39 Å². The van der Waals surface area contributed by atoms with Crippen LogP contribution in [0, 0.1) is 18.7 Å². The van der Waals surface area contributed by atoms with E-state index in [-0.39, 0.29) is 11.9 Å². The third kappa shape index (κ3) is 2.57. The lowest BCUT2D eigenvalue weighted by Crippen LogP contribution is -2.26. The largest absolute Gasteiger partial charge is 0.373 e. The standard InChI is InChI=1S/C15H20FNO/c1-10-8-12(16)2-5-14(10)15-11(6-7-18-15)9-17-13-3-4-13/h2,5,8,11,13,15,17H,3-4,6-7,9H2,1H3. The lowest BCUT2D eigenvalue weighted by atomic mass is 9.92. The Morgan fingerprint density at radius 3 is 2.89 bits per heavy atom. The molecule has 3 heteroatoms. The van der Waals surface area contributed by atoms with Gasteiger partial charge < -0.3 is 10.1 Å². The van der Waals surface area contributed by atoms with Crippen LogP contribution in [0.2, 0.25) is 0 Å². The van der Waals surface area contributed by atoms with Gasteiger partial charge in [-0.15, -0.1) is 0 Å². The van der Waals surface area contributed by atoms with Crippen LogP contribution in [-0.2, 0) is 4.74 Å².